The fourth-order valence-electron chi connectivity index (χ4n) is 3.99. The Labute approximate surface area is 190 Å². The summed E-state index contributed by atoms with van der Waals surface area (Å²) in [4.78, 5) is 47.3. The molecule has 1 aromatic carbocycles. The van der Waals surface area contributed by atoms with Gasteiger partial charge in [0, 0.05) is 39.3 Å². The molecule has 0 aliphatic carbocycles. The molecule has 0 N–H and O–H groups in total. The van der Waals surface area contributed by atoms with Crippen molar-refractivity contribution in [3.63, 3.8) is 0 Å². The van der Waals surface area contributed by atoms with E-state index in [0.717, 1.165) is 16.5 Å². The van der Waals surface area contributed by atoms with E-state index < -0.39 is 54.5 Å². The molecule has 33 heavy (non-hydrogen) atoms. The van der Waals surface area contributed by atoms with Crippen molar-refractivity contribution >= 4 is 34.8 Å². The molecule has 1 aliphatic rings. The molecular weight excluding hydrogens is 434 g/mol. The van der Waals surface area contributed by atoms with Gasteiger partial charge in [-0.25, -0.2) is 0 Å². The van der Waals surface area contributed by atoms with Crippen molar-refractivity contribution in [3.8, 4) is 0 Å². The molecule has 0 saturated carbocycles. The third-order valence-electron chi connectivity index (χ3n) is 5.22. The summed E-state index contributed by atoms with van der Waals surface area (Å²) in [5.41, 5.74) is 1.81. The average molecular weight is 461 g/mol. The molecule has 5 unspecified atom stereocenters. The summed E-state index contributed by atoms with van der Waals surface area (Å²) >= 11 is 0. The molecule has 3 rings (SSSR count). The zero-order valence-corrected chi connectivity index (χ0v) is 19.1. The fourth-order valence-corrected chi connectivity index (χ4v) is 3.99. The largest absolute Gasteiger partial charge is 0.463 e. The number of aromatic nitrogens is 1. The third-order valence-corrected chi connectivity index (χ3v) is 5.22. The monoisotopic (exact) mass is 461 g/mol. The van der Waals surface area contributed by atoms with E-state index in [0.29, 0.717) is 0 Å². The van der Waals surface area contributed by atoms with Crippen LogP contribution in [0.15, 0.2) is 30.5 Å². The lowest BCUT2D eigenvalue weighted by atomic mass is 9.97. The van der Waals surface area contributed by atoms with Crippen LogP contribution in [0.4, 0.5) is 0 Å². The number of hydrogen-bond acceptors (Lipinski definition) is 9. The van der Waals surface area contributed by atoms with Crippen molar-refractivity contribution in [3.05, 3.63) is 36.0 Å². The first-order chi connectivity index (χ1) is 15.6. The van der Waals surface area contributed by atoms with Gasteiger partial charge in [0.15, 0.2) is 24.5 Å². The number of carbonyl (C=O) groups is 4. The van der Waals surface area contributed by atoms with Crippen LogP contribution >= 0.6 is 0 Å². The smallest absolute Gasteiger partial charge is 0.303 e. The van der Waals surface area contributed by atoms with Crippen molar-refractivity contribution in [2.45, 2.75) is 65.3 Å². The highest BCUT2D eigenvalue weighted by atomic mass is 16.7. The van der Waals surface area contributed by atoms with Crippen LogP contribution in [0.1, 0.15) is 39.5 Å². The van der Waals surface area contributed by atoms with Gasteiger partial charge >= 0.3 is 23.9 Å². The Kier molecular flexibility index (Phi) is 7.37. The molecule has 0 bridgehead atoms. The molecule has 0 radical (unpaired) electrons. The normalized spacial score (nSPS) is 24.7. The molecule has 1 aromatic heterocycles. The zero-order valence-electron chi connectivity index (χ0n) is 19.1. The van der Waals surface area contributed by atoms with Crippen molar-refractivity contribution < 1.29 is 42.9 Å². The Morgan fingerprint density at radius 1 is 0.848 bits per heavy atom. The highest BCUT2D eigenvalue weighted by molar-refractivity contribution is 5.83. The summed E-state index contributed by atoms with van der Waals surface area (Å²) in [6.07, 6.45) is -3.75. The van der Waals surface area contributed by atoms with Crippen molar-refractivity contribution in [2.75, 3.05) is 6.61 Å². The van der Waals surface area contributed by atoms with E-state index in [1.54, 1.807) is 10.8 Å². The van der Waals surface area contributed by atoms with E-state index in [2.05, 4.69) is 0 Å². The number of ether oxygens (including phenoxy) is 5. The molecule has 0 spiro atoms. The number of fused-ring (bicyclic) bond motifs is 1. The summed E-state index contributed by atoms with van der Waals surface area (Å²) in [7, 11) is 0. The second-order valence-electron chi connectivity index (χ2n) is 7.82. The first kappa shape index (κ1) is 24.2. The SMILES string of the molecule is CC(=O)OCC1OC(n2ccc3c(C)cccc32)C(OC(C)=O)C(OC(C)=O)C1OC(C)=O. The van der Waals surface area contributed by atoms with Gasteiger partial charge in [0.25, 0.3) is 0 Å². The maximum absolute atomic E-state index is 12.0. The molecule has 1 aliphatic heterocycles. The topological polar surface area (TPSA) is 119 Å². The molecule has 5 atom stereocenters. The predicted octanol–water partition coefficient (Wildman–Crippen LogP) is 2.21. The van der Waals surface area contributed by atoms with E-state index in [-0.39, 0.29) is 6.61 Å². The maximum atomic E-state index is 12.0. The fraction of sp³-hybridized carbons (Fsp3) is 0.478. The van der Waals surface area contributed by atoms with Crippen LogP contribution in [-0.2, 0) is 42.9 Å². The Bertz CT molecular complexity index is 1060. The van der Waals surface area contributed by atoms with E-state index in [9.17, 15) is 19.2 Å². The van der Waals surface area contributed by atoms with Gasteiger partial charge in [-0.3, -0.25) is 19.2 Å². The van der Waals surface area contributed by atoms with Gasteiger partial charge in [-0.1, -0.05) is 12.1 Å². The summed E-state index contributed by atoms with van der Waals surface area (Å²) in [6, 6.07) is 7.59. The van der Waals surface area contributed by atoms with Crippen LogP contribution in [-0.4, -0.2) is 59.5 Å². The van der Waals surface area contributed by atoms with Crippen molar-refractivity contribution in [1.29, 1.82) is 0 Å². The van der Waals surface area contributed by atoms with E-state index in [4.69, 9.17) is 23.7 Å². The van der Waals surface area contributed by atoms with Gasteiger partial charge in [-0.15, -0.1) is 0 Å². The number of carbonyl (C=O) groups excluding carboxylic acids is 4. The molecule has 10 nitrogen and oxygen atoms in total. The Morgan fingerprint density at radius 2 is 1.45 bits per heavy atom. The van der Waals surface area contributed by atoms with Crippen molar-refractivity contribution in [2.24, 2.45) is 0 Å². The minimum atomic E-state index is -1.21. The van der Waals surface area contributed by atoms with Crippen LogP contribution in [0.25, 0.3) is 10.9 Å². The van der Waals surface area contributed by atoms with Gasteiger partial charge < -0.3 is 28.3 Å². The zero-order chi connectivity index (χ0) is 24.3. The molecule has 178 valence electrons. The van der Waals surface area contributed by atoms with Gasteiger partial charge in [-0.2, -0.15) is 0 Å². The van der Waals surface area contributed by atoms with Gasteiger partial charge in [0.1, 0.15) is 12.7 Å². The summed E-state index contributed by atoms with van der Waals surface area (Å²) in [5.74, 6) is -2.55. The molecule has 10 heteroatoms. The van der Waals surface area contributed by atoms with Crippen LogP contribution in [0.5, 0.6) is 0 Å². The highest BCUT2D eigenvalue weighted by Gasteiger charge is 2.53. The highest BCUT2D eigenvalue weighted by Crippen LogP contribution is 2.37. The summed E-state index contributed by atoms with van der Waals surface area (Å²) in [6.45, 7) is 6.51. The van der Waals surface area contributed by atoms with E-state index in [1.807, 2.05) is 31.2 Å². The second-order valence-corrected chi connectivity index (χ2v) is 7.82. The lowest BCUT2D eigenvalue weighted by molar-refractivity contribution is -0.267. The number of rotatable bonds is 6. The lowest BCUT2D eigenvalue weighted by Gasteiger charge is -2.44. The number of nitrogens with zero attached hydrogens (tertiary/aromatic N) is 1. The standard InChI is InChI=1S/C23H27NO9/c1-12-7-6-8-18-17(12)9-10-24(18)23-22(32-16(5)28)21(31-15(4)27)20(30-14(3)26)19(33-23)11-29-13(2)25/h6-10,19-23H,11H2,1-5H3. The minimum Gasteiger partial charge on any atom is -0.463 e. The maximum Gasteiger partial charge on any atom is 0.303 e. The second kappa shape index (κ2) is 10.0. The van der Waals surface area contributed by atoms with Crippen LogP contribution < -0.4 is 0 Å². The number of aryl methyl sites for hydroxylation is 1. The van der Waals surface area contributed by atoms with E-state index in [1.165, 1.54) is 27.7 Å². The van der Waals surface area contributed by atoms with Gasteiger partial charge in [0.05, 0.1) is 5.52 Å². The number of benzene rings is 1. The molecular formula is C23H27NO9. The Balaban J connectivity index is 2.13. The Morgan fingerprint density at radius 3 is 2.06 bits per heavy atom. The van der Waals surface area contributed by atoms with Gasteiger partial charge in [-0.05, 0) is 24.6 Å². The first-order valence-electron chi connectivity index (χ1n) is 10.4. The summed E-state index contributed by atoms with van der Waals surface area (Å²) in [5, 5.41) is 0.949. The minimum absolute atomic E-state index is 0.271. The predicted molar refractivity (Wildman–Crippen MR) is 114 cm³/mol. The first-order valence-corrected chi connectivity index (χ1v) is 10.4. The van der Waals surface area contributed by atoms with Crippen LogP contribution in [0, 0.1) is 6.92 Å². The third kappa shape index (κ3) is 5.51. The molecule has 0 amide bonds. The quantitative estimate of drug-likeness (QED) is 0.471. The van der Waals surface area contributed by atoms with Crippen LogP contribution in [0.3, 0.4) is 0 Å². The van der Waals surface area contributed by atoms with Gasteiger partial charge in [0.2, 0.25) is 0 Å². The number of hydrogen-bond donors (Lipinski definition) is 0. The lowest BCUT2D eigenvalue weighted by Crippen LogP contribution is -2.60. The van der Waals surface area contributed by atoms with Crippen molar-refractivity contribution in [1.82, 2.24) is 4.57 Å². The molecule has 1 saturated heterocycles. The van der Waals surface area contributed by atoms with E-state index >= 15 is 0 Å². The molecule has 1 fully saturated rings. The Hall–Kier alpha value is -3.40. The summed E-state index contributed by atoms with van der Waals surface area (Å²) < 4.78 is 29.5. The number of esters is 4. The average Bonchev–Trinajstić information content (AvgIpc) is 3.14. The van der Waals surface area contributed by atoms with Crippen LogP contribution in [0.2, 0.25) is 0 Å². The molecule has 2 aromatic rings. The molecule has 2 heterocycles.